The summed E-state index contributed by atoms with van der Waals surface area (Å²) >= 11 is 6.04. The standard InChI is InChI=1S/C20H23ClN2O3/c21-18-8-4-5-9-19(18)26-15-17(24)14-22-10-12-23(13-11-22)20(25)16-6-2-1-3-7-16/h1-9,17,24H,10-15H2/t17-/m0/s1. The van der Waals surface area contributed by atoms with E-state index in [1.54, 1.807) is 12.1 Å². The van der Waals surface area contributed by atoms with Crippen LogP contribution in [0.5, 0.6) is 5.75 Å². The highest BCUT2D eigenvalue weighted by atomic mass is 35.5. The van der Waals surface area contributed by atoms with Crippen LogP contribution in [0.2, 0.25) is 5.02 Å². The van der Waals surface area contributed by atoms with E-state index < -0.39 is 6.10 Å². The number of aliphatic hydroxyl groups is 1. The lowest BCUT2D eigenvalue weighted by Crippen LogP contribution is -2.50. The third-order valence-corrected chi connectivity index (χ3v) is 4.73. The van der Waals surface area contributed by atoms with E-state index in [4.69, 9.17) is 16.3 Å². The number of piperazine rings is 1. The third-order valence-electron chi connectivity index (χ3n) is 4.42. The molecule has 0 aliphatic carbocycles. The zero-order valence-electron chi connectivity index (χ0n) is 14.6. The predicted octanol–water partition coefficient (Wildman–Crippen LogP) is 2.54. The maximum atomic E-state index is 12.4. The highest BCUT2D eigenvalue weighted by Gasteiger charge is 2.23. The number of ether oxygens (including phenoxy) is 1. The fourth-order valence-electron chi connectivity index (χ4n) is 3.00. The minimum absolute atomic E-state index is 0.0628. The van der Waals surface area contributed by atoms with E-state index in [-0.39, 0.29) is 12.5 Å². The van der Waals surface area contributed by atoms with Crippen LogP contribution in [0.25, 0.3) is 0 Å². The van der Waals surface area contributed by atoms with Crippen molar-refractivity contribution < 1.29 is 14.6 Å². The number of rotatable bonds is 6. The zero-order chi connectivity index (χ0) is 18.4. The Morgan fingerprint density at radius 3 is 2.38 bits per heavy atom. The number of aliphatic hydroxyl groups excluding tert-OH is 1. The smallest absolute Gasteiger partial charge is 0.253 e. The number of nitrogens with zero attached hydrogens (tertiary/aromatic N) is 2. The van der Waals surface area contributed by atoms with Gasteiger partial charge in [-0.15, -0.1) is 0 Å². The van der Waals surface area contributed by atoms with Gasteiger partial charge in [0.25, 0.3) is 5.91 Å². The van der Waals surface area contributed by atoms with Crippen LogP contribution < -0.4 is 4.74 Å². The Kier molecular flexibility index (Phi) is 6.50. The number of β-amino-alcohol motifs (C(OH)–C–C–N with tert-alkyl or cyclic N) is 1. The molecule has 26 heavy (non-hydrogen) atoms. The minimum atomic E-state index is -0.609. The fourth-order valence-corrected chi connectivity index (χ4v) is 3.19. The van der Waals surface area contributed by atoms with Crippen LogP contribution in [0.15, 0.2) is 54.6 Å². The lowest BCUT2D eigenvalue weighted by molar-refractivity contribution is 0.0404. The number of hydrogen-bond donors (Lipinski definition) is 1. The molecule has 138 valence electrons. The summed E-state index contributed by atoms with van der Waals surface area (Å²) in [6, 6.07) is 16.5. The quantitative estimate of drug-likeness (QED) is 0.844. The van der Waals surface area contributed by atoms with Crippen molar-refractivity contribution in [3.05, 3.63) is 65.2 Å². The second-order valence-corrected chi connectivity index (χ2v) is 6.76. The Labute approximate surface area is 158 Å². The first-order valence-corrected chi connectivity index (χ1v) is 9.13. The normalized spacial score (nSPS) is 16.3. The molecular weight excluding hydrogens is 352 g/mol. The van der Waals surface area contributed by atoms with Crippen LogP contribution in [0.3, 0.4) is 0 Å². The van der Waals surface area contributed by atoms with Crippen LogP contribution in [-0.4, -0.2) is 66.2 Å². The molecule has 3 rings (SSSR count). The highest BCUT2D eigenvalue weighted by Crippen LogP contribution is 2.23. The molecule has 2 aromatic rings. The van der Waals surface area contributed by atoms with Gasteiger partial charge < -0.3 is 14.7 Å². The van der Waals surface area contributed by atoms with E-state index in [2.05, 4.69) is 4.90 Å². The average molecular weight is 375 g/mol. The van der Waals surface area contributed by atoms with Gasteiger partial charge in [0.05, 0.1) is 5.02 Å². The molecule has 1 atom stereocenters. The first-order chi connectivity index (χ1) is 12.6. The van der Waals surface area contributed by atoms with Gasteiger partial charge in [-0.3, -0.25) is 9.69 Å². The van der Waals surface area contributed by atoms with Crippen molar-refractivity contribution in [1.82, 2.24) is 9.80 Å². The Hall–Kier alpha value is -2.08. The summed E-state index contributed by atoms with van der Waals surface area (Å²) in [5.74, 6) is 0.638. The molecule has 0 saturated carbocycles. The number of amides is 1. The Morgan fingerprint density at radius 2 is 1.69 bits per heavy atom. The minimum Gasteiger partial charge on any atom is -0.489 e. The summed E-state index contributed by atoms with van der Waals surface area (Å²) in [5.41, 5.74) is 0.717. The van der Waals surface area contributed by atoms with E-state index in [9.17, 15) is 9.90 Å². The van der Waals surface area contributed by atoms with Gasteiger partial charge in [-0.05, 0) is 24.3 Å². The molecule has 2 aromatic carbocycles. The molecule has 6 heteroatoms. The molecule has 1 saturated heterocycles. The van der Waals surface area contributed by atoms with Crippen molar-refractivity contribution in [1.29, 1.82) is 0 Å². The zero-order valence-corrected chi connectivity index (χ0v) is 15.3. The first kappa shape index (κ1) is 18.7. The molecule has 0 aromatic heterocycles. The monoisotopic (exact) mass is 374 g/mol. The first-order valence-electron chi connectivity index (χ1n) is 8.75. The van der Waals surface area contributed by atoms with Gasteiger partial charge >= 0.3 is 0 Å². The number of hydrogen-bond acceptors (Lipinski definition) is 4. The molecule has 1 N–H and O–H groups in total. The Morgan fingerprint density at radius 1 is 1.04 bits per heavy atom. The largest absolute Gasteiger partial charge is 0.489 e. The molecule has 1 fully saturated rings. The fraction of sp³-hybridized carbons (Fsp3) is 0.350. The lowest BCUT2D eigenvalue weighted by atomic mass is 10.2. The summed E-state index contributed by atoms with van der Waals surface area (Å²) in [6.45, 7) is 3.49. The molecule has 5 nitrogen and oxygen atoms in total. The van der Waals surface area contributed by atoms with Crippen molar-refractivity contribution in [2.24, 2.45) is 0 Å². The van der Waals surface area contributed by atoms with Gasteiger partial charge in [-0.2, -0.15) is 0 Å². The van der Waals surface area contributed by atoms with Gasteiger partial charge in [-0.1, -0.05) is 41.9 Å². The third kappa shape index (κ3) is 4.97. The predicted molar refractivity (Wildman–Crippen MR) is 102 cm³/mol. The van der Waals surface area contributed by atoms with Gasteiger partial charge in [0.15, 0.2) is 0 Å². The molecule has 0 unspecified atom stereocenters. The van der Waals surface area contributed by atoms with Gasteiger partial charge in [-0.25, -0.2) is 0 Å². The second kappa shape index (κ2) is 9.03. The van der Waals surface area contributed by atoms with Crippen molar-refractivity contribution >= 4 is 17.5 Å². The molecule has 1 heterocycles. The summed E-state index contributed by atoms with van der Waals surface area (Å²) < 4.78 is 5.58. The molecule has 0 spiro atoms. The van der Waals surface area contributed by atoms with Crippen LogP contribution >= 0.6 is 11.6 Å². The number of halogens is 1. The molecular formula is C20H23ClN2O3. The van der Waals surface area contributed by atoms with E-state index in [0.717, 1.165) is 13.1 Å². The lowest BCUT2D eigenvalue weighted by Gasteiger charge is -2.35. The topological polar surface area (TPSA) is 53.0 Å². The number of benzene rings is 2. The van der Waals surface area contributed by atoms with E-state index >= 15 is 0 Å². The van der Waals surface area contributed by atoms with Crippen molar-refractivity contribution in [2.45, 2.75) is 6.10 Å². The maximum Gasteiger partial charge on any atom is 0.253 e. The van der Waals surface area contributed by atoms with Crippen LogP contribution in [0.1, 0.15) is 10.4 Å². The maximum absolute atomic E-state index is 12.4. The molecule has 1 amide bonds. The van der Waals surface area contributed by atoms with E-state index in [0.29, 0.717) is 36.0 Å². The summed E-state index contributed by atoms with van der Waals surface area (Å²) in [4.78, 5) is 16.5. The van der Waals surface area contributed by atoms with Crippen LogP contribution in [0.4, 0.5) is 0 Å². The number of carbonyl (C=O) groups is 1. The Balaban J connectivity index is 1.42. The second-order valence-electron chi connectivity index (χ2n) is 6.35. The summed E-state index contributed by atoms with van der Waals surface area (Å²) in [5, 5.41) is 10.8. The van der Waals surface area contributed by atoms with Crippen molar-refractivity contribution in [3.63, 3.8) is 0 Å². The van der Waals surface area contributed by atoms with E-state index in [1.165, 1.54) is 0 Å². The SMILES string of the molecule is O=C(c1ccccc1)N1CCN(C[C@H](O)COc2ccccc2Cl)CC1. The summed E-state index contributed by atoms with van der Waals surface area (Å²) in [7, 11) is 0. The van der Waals surface area contributed by atoms with Crippen molar-refractivity contribution in [2.75, 3.05) is 39.3 Å². The van der Waals surface area contributed by atoms with Gasteiger partial charge in [0.1, 0.15) is 18.5 Å². The summed E-state index contributed by atoms with van der Waals surface area (Å²) in [6.07, 6.45) is -0.609. The molecule has 0 bridgehead atoms. The van der Waals surface area contributed by atoms with Crippen LogP contribution in [0, 0.1) is 0 Å². The van der Waals surface area contributed by atoms with Gasteiger partial charge in [0, 0.05) is 38.3 Å². The molecule has 0 radical (unpaired) electrons. The molecule has 1 aliphatic heterocycles. The van der Waals surface area contributed by atoms with Crippen LogP contribution in [-0.2, 0) is 0 Å². The van der Waals surface area contributed by atoms with Crippen molar-refractivity contribution in [3.8, 4) is 5.75 Å². The number of carbonyl (C=O) groups excluding carboxylic acids is 1. The average Bonchev–Trinajstić information content (AvgIpc) is 2.68. The Bertz CT molecular complexity index is 718. The number of para-hydroxylation sites is 1. The molecule has 1 aliphatic rings. The highest BCUT2D eigenvalue weighted by molar-refractivity contribution is 6.32. The van der Waals surface area contributed by atoms with E-state index in [1.807, 2.05) is 47.4 Å². The van der Waals surface area contributed by atoms with Gasteiger partial charge in [0.2, 0.25) is 0 Å².